The lowest BCUT2D eigenvalue weighted by atomic mass is 10.0. The van der Waals surface area contributed by atoms with Gasteiger partial charge in [-0.1, -0.05) is 35.9 Å². The van der Waals surface area contributed by atoms with Crippen LogP contribution in [0.2, 0.25) is 0 Å². The Kier molecular flexibility index (Phi) is 5.81. The van der Waals surface area contributed by atoms with Gasteiger partial charge in [0.1, 0.15) is 18.2 Å². The summed E-state index contributed by atoms with van der Waals surface area (Å²) < 4.78 is 11.7. The Morgan fingerprint density at radius 2 is 1.86 bits per heavy atom. The lowest BCUT2D eigenvalue weighted by Crippen LogP contribution is -2.12. The average molecular weight is 374 g/mol. The summed E-state index contributed by atoms with van der Waals surface area (Å²) in [7, 11) is 0. The van der Waals surface area contributed by atoms with Crippen LogP contribution in [0.15, 0.2) is 53.3 Å². The molecule has 2 aromatic carbocycles. The third-order valence-corrected chi connectivity index (χ3v) is 4.31. The van der Waals surface area contributed by atoms with E-state index in [9.17, 15) is 10.1 Å². The smallest absolute Gasteiger partial charge is 0.266 e. The number of pyridine rings is 1. The molecular weight excluding hydrogens is 352 g/mol. The van der Waals surface area contributed by atoms with Crippen molar-refractivity contribution in [2.75, 3.05) is 6.61 Å². The maximum atomic E-state index is 12.1. The van der Waals surface area contributed by atoms with E-state index in [4.69, 9.17) is 9.47 Å². The number of aromatic amines is 1. The molecule has 0 aliphatic carbocycles. The molecule has 0 saturated heterocycles. The molecule has 3 rings (SSSR count). The molecule has 5 nitrogen and oxygen atoms in total. The van der Waals surface area contributed by atoms with Crippen LogP contribution in [0, 0.1) is 25.2 Å². The monoisotopic (exact) mass is 374 g/mol. The summed E-state index contributed by atoms with van der Waals surface area (Å²) in [4.78, 5) is 14.8. The Morgan fingerprint density at radius 1 is 1.04 bits per heavy atom. The highest BCUT2D eigenvalue weighted by Crippen LogP contribution is 2.34. The molecule has 0 radical (unpaired) electrons. The molecule has 0 fully saturated rings. The Balaban J connectivity index is 1.96. The zero-order valence-corrected chi connectivity index (χ0v) is 16.2. The number of benzene rings is 2. The number of aromatic nitrogens is 1. The molecule has 0 spiro atoms. The standard InChI is InChI=1S/C23H22N2O3/c1-4-27-22-12-18(19-11-16(3)25-23(26)20(19)13-24)8-9-21(22)28-14-17-7-5-6-15(2)10-17/h5-12H,4,14H2,1-3H3,(H,25,26). The maximum Gasteiger partial charge on any atom is 0.266 e. The van der Waals surface area contributed by atoms with Gasteiger partial charge in [0.25, 0.3) is 5.56 Å². The van der Waals surface area contributed by atoms with Crippen molar-refractivity contribution < 1.29 is 9.47 Å². The first-order valence-corrected chi connectivity index (χ1v) is 9.11. The molecule has 1 aromatic heterocycles. The second kappa shape index (κ2) is 8.45. The Bertz CT molecular complexity index is 1090. The molecule has 0 aliphatic heterocycles. The Labute approximate surface area is 164 Å². The van der Waals surface area contributed by atoms with Crippen LogP contribution in [0.1, 0.15) is 29.3 Å². The van der Waals surface area contributed by atoms with E-state index >= 15 is 0 Å². The fourth-order valence-corrected chi connectivity index (χ4v) is 3.05. The van der Waals surface area contributed by atoms with E-state index in [-0.39, 0.29) is 5.56 Å². The maximum absolute atomic E-state index is 12.1. The third-order valence-electron chi connectivity index (χ3n) is 4.31. The van der Waals surface area contributed by atoms with Gasteiger partial charge in [-0.15, -0.1) is 0 Å². The summed E-state index contributed by atoms with van der Waals surface area (Å²) in [5, 5.41) is 9.39. The van der Waals surface area contributed by atoms with Gasteiger partial charge in [-0.2, -0.15) is 5.26 Å². The van der Waals surface area contributed by atoms with Crippen molar-refractivity contribution in [1.82, 2.24) is 4.98 Å². The quantitative estimate of drug-likeness (QED) is 0.689. The molecule has 1 heterocycles. The molecule has 1 N–H and O–H groups in total. The second-order valence-corrected chi connectivity index (χ2v) is 6.55. The first kappa shape index (κ1) is 19.2. The number of hydrogen-bond donors (Lipinski definition) is 1. The summed E-state index contributed by atoms with van der Waals surface area (Å²) in [5.74, 6) is 1.20. The van der Waals surface area contributed by atoms with E-state index in [1.54, 1.807) is 13.0 Å². The van der Waals surface area contributed by atoms with Crippen molar-refractivity contribution in [1.29, 1.82) is 5.26 Å². The van der Waals surface area contributed by atoms with Crippen LogP contribution in [-0.4, -0.2) is 11.6 Å². The van der Waals surface area contributed by atoms with Crippen LogP contribution in [-0.2, 0) is 6.61 Å². The van der Waals surface area contributed by atoms with Gasteiger partial charge >= 0.3 is 0 Å². The average Bonchev–Trinajstić information content (AvgIpc) is 2.67. The van der Waals surface area contributed by atoms with Crippen LogP contribution in [0.4, 0.5) is 0 Å². The highest BCUT2D eigenvalue weighted by molar-refractivity contribution is 5.72. The van der Waals surface area contributed by atoms with Crippen molar-refractivity contribution in [3.8, 4) is 28.7 Å². The number of H-pyrrole nitrogens is 1. The Morgan fingerprint density at radius 3 is 2.57 bits per heavy atom. The van der Waals surface area contributed by atoms with E-state index in [0.29, 0.717) is 36.0 Å². The van der Waals surface area contributed by atoms with Crippen LogP contribution in [0.25, 0.3) is 11.1 Å². The van der Waals surface area contributed by atoms with E-state index in [2.05, 4.69) is 11.1 Å². The van der Waals surface area contributed by atoms with E-state index in [0.717, 1.165) is 11.1 Å². The van der Waals surface area contributed by atoms with Gasteiger partial charge in [0.05, 0.1) is 6.61 Å². The lowest BCUT2D eigenvalue weighted by molar-refractivity contribution is 0.269. The van der Waals surface area contributed by atoms with Gasteiger partial charge in [-0.05, 0) is 50.1 Å². The SMILES string of the molecule is CCOc1cc(-c2cc(C)[nH]c(=O)c2C#N)ccc1OCc1cccc(C)c1. The Hall–Kier alpha value is -3.52. The van der Waals surface area contributed by atoms with Crippen molar-refractivity contribution in [3.05, 3.63) is 81.3 Å². The lowest BCUT2D eigenvalue weighted by Gasteiger charge is -2.14. The molecule has 3 aromatic rings. The summed E-state index contributed by atoms with van der Waals surface area (Å²) in [5.41, 5.74) is 3.94. The van der Waals surface area contributed by atoms with Gasteiger partial charge in [0.2, 0.25) is 0 Å². The molecule has 28 heavy (non-hydrogen) atoms. The fraction of sp³-hybridized carbons (Fsp3) is 0.217. The second-order valence-electron chi connectivity index (χ2n) is 6.55. The van der Waals surface area contributed by atoms with Gasteiger partial charge in [-0.25, -0.2) is 0 Å². The van der Waals surface area contributed by atoms with E-state index in [1.165, 1.54) is 5.56 Å². The largest absolute Gasteiger partial charge is 0.490 e. The molecule has 0 aliphatic rings. The summed E-state index contributed by atoms with van der Waals surface area (Å²) >= 11 is 0. The van der Waals surface area contributed by atoms with E-state index < -0.39 is 5.56 Å². The number of nitrogens with zero attached hydrogens (tertiary/aromatic N) is 1. The van der Waals surface area contributed by atoms with Gasteiger partial charge in [-0.3, -0.25) is 4.79 Å². The summed E-state index contributed by atoms with van der Waals surface area (Å²) in [6.45, 7) is 6.63. The van der Waals surface area contributed by atoms with Gasteiger partial charge in [0.15, 0.2) is 11.5 Å². The molecular formula is C23H22N2O3. The minimum absolute atomic E-state index is 0.0847. The fourth-order valence-electron chi connectivity index (χ4n) is 3.05. The molecule has 0 amide bonds. The van der Waals surface area contributed by atoms with Crippen molar-refractivity contribution in [2.45, 2.75) is 27.4 Å². The van der Waals surface area contributed by atoms with Crippen molar-refractivity contribution >= 4 is 0 Å². The summed E-state index contributed by atoms with van der Waals surface area (Å²) in [6, 6.07) is 17.4. The molecule has 0 unspecified atom stereocenters. The minimum atomic E-state index is -0.393. The number of ether oxygens (including phenoxy) is 2. The normalized spacial score (nSPS) is 10.4. The van der Waals surface area contributed by atoms with Crippen LogP contribution < -0.4 is 15.0 Å². The van der Waals surface area contributed by atoms with Crippen molar-refractivity contribution in [3.63, 3.8) is 0 Å². The van der Waals surface area contributed by atoms with Crippen LogP contribution in [0.5, 0.6) is 11.5 Å². The molecule has 0 bridgehead atoms. The predicted molar refractivity (Wildman–Crippen MR) is 109 cm³/mol. The molecule has 5 heteroatoms. The number of rotatable bonds is 6. The number of nitrogens with one attached hydrogen (secondary N) is 1. The van der Waals surface area contributed by atoms with Gasteiger partial charge < -0.3 is 14.5 Å². The zero-order chi connectivity index (χ0) is 20.1. The summed E-state index contributed by atoms with van der Waals surface area (Å²) in [6.07, 6.45) is 0. The first-order chi connectivity index (χ1) is 13.5. The molecule has 0 atom stereocenters. The zero-order valence-electron chi connectivity index (χ0n) is 16.2. The number of nitriles is 1. The van der Waals surface area contributed by atoms with Crippen LogP contribution in [0.3, 0.4) is 0 Å². The number of hydrogen-bond acceptors (Lipinski definition) is 4. The van der Waals surface area contributed by atoms with Crippen molar-refractivity contribution in [2.24, 2.45) is 0 Å². The van der Waals surface area contributed by atoms with Crippen LogP contribution >= 0.6 is 0 Å². The first-order valence-electron chi connectivity index (χ1n) is 9.11. The third kappa shape index (κ3) is 4.24. The molecule has 0 saturated carbocycles. The van der Waals surface area contributed by atoms with Gasteiger partial charge in [0, 0.05) is 11.3 Å². The predicted octanol–water partition coefficient (Wildman–Crippen LogP) is 4.51. The molecule has 142 valence electrons. The minimum Gasteiger partial charge on any atom is -0.490 e. The highest BCUT2D eigenvalue weighted by Gasteiger charge is 2.14. The number of aryl methyl sites for hydroxylation is 2. The highest BCUT2D eigenvalue weighted by atomic mass is 16.5. The van der Waals surface area contributed by atoms with E-state index in [1.807, 2.05) is 56.3 Å². The topological polar surface area (TPSA) is 75.1 Å².